The fourth-order valence-electron chi connectivity index (χ4n) is 3.31. The van der Waals surface area contributed by atoms with E-state index in [1.807, 2.05) is 12.1 Å². The maximum absolute atomic E-state index is 13.0. The van der Waals surface area contributed by atoms with Gasteiger partial charge in [-0.1, -0.05) is 23.7 Å². The van der Waals surface area contributed by atoms with E-state index < -0.39 is 0 Å². The Labute approximate surface area is 158 Å². The summed E-state index contributed by atoms with van der Waals surface area (Å²) in [6, 6.07) is 13.7. The highest BCUT2D eigenvalue weighted by atomic mass is 35.5. The molecule has 2 aromatic rings. The summed E-state index contributed by atoms with van der Waals surface area (Å²) in [4.78, 5) is 12.0. The lowest BCUT2D eigenvalue weighted by Crippen LogP contribution is -2.47. The number of anilines is 1. The van der Waals surface area contributed by atoms with Crippen LogP contribution in [0.5, 0.6) is 0 Å². The van der Waals surface area contributed by atoms with Gasteiger partial charge in [0.1, 0.15) is 5.82 Å². The minimum Gasteiger partial charge on any atom is -0.336 e. The van der Waals surface area contributed by atoms with Crippen molar-refractivity contribution < 1.29 is 9.18 Å². The van der Waals surface area contributed by atoms with Gasteiger partial charge < -0.3 is 16.0 Å². The molecule has 0 unspecified atom stereocenters. The molecule has 2 aromatic carbocycles. The van der Waals surface area contributed by atoms with E-state index in [-0.39, 0.29) is 17.9 Å². The summed E-state index contributed by atoms with van der Waals surface area (Å²) in [6.07, 6.45) is 3.01. The van der Waals surface area contributed by atoms with Crippen molar-refractivity contribution in [1.29, 1.82) is 0 Å². The SMILES string of the molecule is O=C(NC[C@H]1C[C@H](Cc2ccc(F)cc2)CCN1)Nc1ccc(Cl)cc1. The number of hydrogen-bond acceptors (Lipinski definition) is 2. The minimum atomic E-state index is -0.227. The summed E-state index contributed by atoms with van der Waals surface area (Å²) in [7, 11) is 0. The maximum atomic E-state index is 13.0. The number of piperidine rings is 1. The van der Waals surface area contributed by atoms with Gasteiger partial charge in [0.25, 0.3) is 0 Å². The molecule has 1 saturated heterocycles. The molecule has 138 valence electrons. The Hall–Kier alpha value is -2.11. The van der Waals surface area contributed by atoms with Crippen LogP contribution in [0.4, 0.5) is 14.9 Å². The number of rotatable bonds is 5. The van der Waals surface area contributed by atoms with E-state index in [1.54, 1.807) is 24.3 Å². The molecule has 3 rings (SSSR count). The smallest absolute Gasteiger partial charge is 0.319 e. The zero-order valence-corrected chi connectivity index (χ0v) is 15.2. The molecule has 3 N–H and O–H groups in total. The number of carbonyl (C=O) groups is 1. The Morgan fingerprint density at radius 2 is 1.88 bits per heavy atom. The highest BCUT2D eigenvalue weighted by Crippen LogP contribution is 2.21. The number of urea groups is 1. The van der Waals surface area contributed by atoms with E-state index >= 15 is 0 Å². The van der Waals surface area contributed by atoms with Gasteiger partial charge in [-0.2, -0.15) is 0 Å². The quantitative estimate of drug-likeness (QED) is 0.733. The standard InChI is InChI=1S/C20H23ClFN3O/c21-16-3-7-18(8-4-16)25-20(26)24-13-19-12-15(9-10-23-19)11-14-1-5-17(22)6-2-14/h1-8,15,19,23H,9-13H2,(H2,24,25,26)/t15-,19+/m0/s1. The minimum absolute atomic E-state index is 0.201. The van der Waals surface area contributed by atoms with Gasteiger partial charge in [0.05, 0.1) is 0 Å². The molecule has 1 aliphatic heterocycles. The molecule has 2 atom stereocenters. The Morgan fingerprint density at radius 1 is 1.15 bits per heavy atom. The summed E-state index contributed by atoms with van der Waals surface area (Å²) in [6.45, 7) is 1.50. The lowest BCUT2D eigenvalue weighted by atomic mass is 9.87. The number of nitrogens with one attached hydrogen (secondary N) is 3. The lowest BCUT2D eigenvalue weighted by molar-refractivity contribution is 0.246. The molecule has 0 radical (unpaired) electrons. The predicted molar refractivity (Wildman–Crippen MR) is 103 cm³/mol. The van der Waals surface area contributed by atoms with Crippen LogP contribution >= 0.6 is 11.6 Å². The predicted octanol–water partition coefficient (Wildman–Crippen LogP) is 4.21. The van der Waals surface area contributed by atoms with Crippen LogP contribution < -0.4 is 16.0 Å². The van der Waals surface area contributed by atoms with Crippen molar-refractivity contribution in [1.82, 2.24) is 10.6 Å². The topological polar surface area (TPSA) is 53.2 Å². The van der Waals surface area contributed by atoms with E-state index in [0.717, 1.165) is 31.4 Å². The third kappa shape index (κ3) is 5.71. The molecule has 2 amide bonds. The van der Waals surface area contributed by atoms with Crippen molar-refractivity contribution in [2.75, 3.05) is 18.4 Å². The van der Waals surface area contributed by atoms with Crippen LogP contribution in [0.1, 0.15) is 18.4 Å². The average molecular weight is 376 g/mol. The monoisotopic (exact) mass is 375 g/mol. The molecule has 26 heavy (non-hydrogen) atoms. The van der Waals surface area contributed by atoms with Crippen molar-refractivity contribution in [2.45, 2.75) is 25.3 Å². The Bertz CT molecular complexity index is 721. The normalized spacial score (nSPS) is 19.8. The zero-order valence-electron chi connectivity index (χ0n) is 14.5. The van der Waals surface area contributed by atoms with Gasteiger partial charge in [-0.15, -0.1) is 0 Å². The molecular formula is C20H23ClFN3O. The highest BCUT2D eigenvalue weighted by Gasteiger charge is 2.22. The Morgan fingerprint density at radius 3 is 2.62 bits per heavy atom. The van der Waals surface area contributed by atoms with Crippen LogP contribution in [0.3, 0.4) is 0 Å². The van der Waals surface area contributed by atoms with Gasteiger partial charge in [-0.05, 0) is 73.7 Å². The molecule has 1 fully saturated rings. The molecule has 1 heterocycles. The fourth-order valence-corrected chi connectivity index (χ4v) is 3.44. The second-order valence-corrected chi connectivity index (χ2v) is 7.15. The van der Waals surface area contributed by atoms with Gasteiger partial charge in [0.2, 0.25) is 0 Å². The second kappa shape index (κ2) is 9.01. The number of carbonyl (C=O) groups excluding carboxylic acids is 1. The van der Waals surface area contributed by atoms with Crippen molar-refractivity contribution in [3.63, 3.8) is 0 Å². The number of amides is 2. The first kappa shape index (κ1) is 18.7. The summed E-state index contributed by atoms with van der Waals surface area (Å²) >= 11 is 5.84. The first-order valence-corrected chi connectivity index (χ1v) is 9.24. The van der Waals surface area contributed by atoms with Crippen LogP contribution in [0.2, 0.25) is 5.02 Å². The van der Waals surface area contributed by atoms with Gasteiger partial charge in [-0.3, -0.25) is 0 Å². The van der Waals surface area contributed by atoms with Crippen LogP contribution in [-0.4, -0.2) is 25.2 Å². The molecule has 0 bridgehead atoms. The molecule has 0 saturated carbocycles. The maximum Gasteiger partial charge on any atom is 0.319 e. The molecule has 0 aromatic heterocycles. The van der Waals surface area contributed by atoms with Crippen molar-refractivity contribution in [3.8, 4) is 0 Å². The summed E-state index contributed by atoms with van der Waals surface area (Å²) in [5.41, 5.74) is 1.86. The highest BCUT2D eigenvalue weighted by molar-refractivity contribution is 6.30. The first-order valence-electron chi connectivity index (χ1n) is 8.87. The van der Waals surface area contributed by atoms with Gasteiger partial charge >= 0.3 is 6.03 Å². The Kier molecular flexibility index (Phi) is 6.47. The van der Waals surface area contributed by atoms with Crippen molar-refractivity contribution in [2.24, 2.45) is 5.92 Å². The second-order valence-electron chi connectivity index (χ2n) is 6.71. The molecule has 4 nitrogen and oxygen atoms in total. The van der Waals surface area contributed by atoms with Crippen LogP contribution in [0, 0.1) is 11.7 Å². The van der Waals surface area contributed by atoms with Crippen molar-refractivity contribution in [3.05, 3.63) is 64.9 Å². The van der Waals surface area contributed by atoms with Crippen LogP contribution in [0.15, 0.2) is 48.5 Å². The number of benzene rings is 2. The van der Waals surface area contributed by atoms with Crippen LogP contribution in [-0.2, 0) is 6.42 Å². The first-order chi connectivity index (χ1) is 12.6. The van der Waals surface area contributed by atoms with E-state index in [4.69, 9.17) is 11.6 Å². The van der Waals surface area contributed by atoms with Gasteiger partial charge in [0, 0.05) is 23.3 Å². The average Bonchev–Trinajstić information content (AvgIpc) is 2.64. The molecular weight excluding hydrogens is 353 g/mol. The third-order valence-electron chi connectivity index (χ3n) is 4.65. The molecule has 0 aliphatic carbocycles. The molecule has 0 spiro atoms. The largest absolute Gasteiger partial charge is 0.336 e. The number of hydrogen-bond donors (Lipinski definition) is 3. The Balaban J connectivity index is 1.43. The van der Waals surface area contributed by atoms with E-state index in [9.17, 15) is 9.18 Å². The molecule has 6 heteroatoms. The van der Waals surface area contributed by atoms with E-state index in [2.05, 4.69) is 16.0 Å². The lowest BCUT2D eigenvalue weighted by Gasteiger charge is -2.30. The number of halogens is 2. The molecule has 1 aliphatic rings. The zero-order chi connectivity index (χ0) is 18.4. The van der Waals surface area contributed by atoms with Crippen molar-refractivity contribution >= 4 is 23.3 Å². The summed E-state index contributed by atoms with van der Waals surface area (Å²) in [5.74, 6) is 0.334. The van der Waals surface area contributed by atoms with Gasteiger partial charge in [0.15, 0.2) is 0 Å². The summed E-state index contributed by atoms with van der Waals surface area (Å²) < 4.78 is 13.0. The van der Waals surface area contributed by atoms with E-state index in [1.165, 1.54) is 12.1 Å². The van der Waals surface area contributed by atoms with Gasteiger partial charge in [-0.25, -0.2) is 9.18 Å². The third-order valence-corrected chi connectivity index (χ3v) is 4.90. The fraction of sp³-hybridized carbons (Fsp3) is 0.350. The summed E-state index contributed by atoms with van der Waals surface area (Å²) in [5, 5.41) is 9.79. The van der Waals surface area contributed by atoms with E-state index in [0.29, 0.717) is 23.2 Å². The van der Waals surface area contributed by atoms with Crippen LogP contribution in [0.25, 0.3) is 0 Å².